The van der Waals surface area contributed by atoms with Crippen molar-refractivity contribution >= 4 is 38.6 Å². The largest absolute Gasteiger partial charge is 0.309 e. The molecule has 0 saturated carbocycles. The van der Waals surface area contributed by atoms with Crippen LogP contribution in [0.2, 0.25) is 0 Å². The maximum absolute atomic E-state index is 14.0. The number of aryl methyl sites for hydroxylation is 2. The summed E-state index contributed by atoms with van der Waals surface area (Å²) in [6.07, 6.45) is 1.49. The molecule has 7 heteroatoms. The Kier molecular flexibility index (Phi) is 3.89. The third-order valence-corrected chi connectivity index (χ3v) is 4.18. The van der Waals surface area contributed by atoms with Crippen LogP contribution in [0.5, 0.6) is 0 Å². The van der Waals surface area contributed by atoms with Gasteiger partial charge in [-0.25, -0.2) is 9.37 Å². The number of rotatable bonds is 2. The second kappa shape index (κ2) is 5.73. The average Bonchev–Trinajstić information content (AvgIpc) is 2.80. The van der Waals surface area contributed by atoms with E-state index in [1.54, 1.807) is 29.9 Å². The molecule has 0 unspecified atom stereocenters. The van der Waals surface area contributed by atoms with Crippen LogP contribution >= 0.6 is 15.9 Å². The molecule has 1 aromatic carbocycles. The van der Waals surface area contributed by atoms with Crippen molar-refractivity contribution in [1.29, 1.82) is 0 Å². The molecule has 1 amide bonds. The van der Waals surface area contributed by atoms with Crippen LogP contribution < -0.4 is 4.90 Å². The van der Waals surface area contributed by atoms with E-state index >= 15 is 0 Å². The van der Waals surface area contributed by atoms with Crippen molar-refractivity contribution in [1.82, 2.24) is 14.8 Å². The second-order valence-electron chi connectivity index (χ2n) is 5.26. The molecule has 23 heavy (non-hydrogen) atoms. The molecule has 0 atom stereocenters. The van der Waals surface area contributed by atoms with Crippen LogP contribution in [0.25, 0.3) is 11.0 Å². The summed E-state index contributed by atoms with van der Waals surface area (Å²) in [4.78, 5) is 18.2. The lowest BCUT2D eigenvalue weighted by molar-refractivity contribution is 0.0992. The zero-order valence-electron chi connectivity index (χ0n) is 12.8. The Morgan fingerprint density at radius 3 is 2.78 bits per heavy atom. The van der Waals surface area contributed by atoms with Gasteiger partial charge in [-0.05, 0) is 31.2 Å². The first-order valence-electron chi connectivity index (χ1n) is 6.91. The monoisotopic (exact) mass is 376 g/mol. The van der Waals surface area contributed by atoms with E-state index in [4.69, 9.17) is 0 Å². The van der Waals surface area contributed by atoms with Crippen LogP contribution in [0, 0.1) is 12.7 Å². The first-order valence-corrected chi connectivity index (χ1v) is 7.70. The topological polar surface area (TPSA) is 51.0 Å². The number of carbonyl (C=O) groups is 1. The maximum Gasteiger partial charge on any atom is 0.259 e. The molecule has 3 aromatic rings. The van der Waals surface area contributed by atoms with Gasteiger partial charge < -0.3 is 4.90 Å². The molecule has 0 aliphatic heterocycles. The zero-order valence-corrected chi connectivity index (χ0v) is 14.4. The second-order valence-corrected chi connectivity index (χ2v) is 6.18. The van der Waals surface area contributed by atoms with E-state index in [9.17, 15) is 9.18 Å². The predicted octanol–water partition coefficient (Wildman–Crippen LogP) is 3.45. The Hall–Kier alpha value is -2.28. The van der Waals surface area contributed by atoms with E-state index < -0.39 is 5.82 Å². The van der Waals surface area contributed by atoms with Gasteiger partial charge in [-0.3, -0.25) is 9.48 Å². The number of anilines is 1. The lowest BCUT2D eigenvalue weighted by Gasteiger charge is -2.18. The quantitative estimate of drug-likeness (QED) is 0.688. The molecule has 0 aliphatic carbocycles. The van der Waals surface area contributed by atoms with E-state index in [1.807, 2.05) is 6.92 Å². The van der Waals surface area contributed by atoms with Gasteiger partial charge in [0.1, 0.15) is 5.82 Å². The molecule has 5 nitrogen and oxygen atoms in total. The van der Waals surface area contributed by atoms with Crippen LogP contribution in [0.15, 0.2) is 34.9 Å². The van der Waals surface area contributed by atoms with Crippen molar-refractivity contribution in [3.63, 3.8) is 0 Å². The fourth-order valence-electron chi connectivity index (χ4n) is 2.48. The maximum atomic E-state index is 14.0. The smallest absolute Gasteiger partial charge is 0.259 e. The molecule has 0 radical (unpaired) electrons. The van der Waals surface area contributed by atoms with Crippen molar-refractivity contribution < 1.29 is 9.18 Å². The third-order valence-electron chi connectivity index (χ3n) is 3.69. The van der Waals surface area contributed by atoms with Gasteiger partial charge in [0, 0.05) is 30.2 Å². The standard InChI is InChI=1S/C16H14BrFN4O/c1-9-12-6-10(8-19-15(12)22(3)20-9)16(23)21(2)14-5-4-11(17)7-13(14)18/h4-8H,1-3H3. The Balaban J connectivity index is 2.00. The highest BCUT2D eigenvalue weighted by molar-refractivity contribution is 9.10. The van der Waals surface area contributed by atoms with E-state index in [0.717, 1.165) is 11.1 Å². The number of amides is 1. The van der Waals surface area contributed by atoms with Crippen LogP contribution in [-0.4, -0.2) is 27.7 Å². The number of nitrogens with zero attached hydrogens (tertiary/aromatic N) is 4. The molecule has 0 spiro atoms. The number of halogens is 2. The Morgan fingerprint density at radius 1 is 1.35 bits per heavy atom. The summed E-state index contributed by atoms with van der Waals surface area (Å²) in [5.41, 5.74) is 2.10. The Labute approximate surface area is 140 Å². The van der Waals surface area contributed by atoms with Gasteiger partial charge in [0.2, 0.25) is 0 Å². The van der Waals surface area contributed by atoms with Crippen LogP contribution in [0.1, 0.15) is 16.1 Å². The normalized spacial score (nSPS) is 11.0. The summed E-state index contributed by atoms with van der Waals surface area (Å²) >= 11 is 3.20. The number of carbonyl (C=O) groups excluding carboxylic acids is 1. The lowest BCUT2D eigenvalue weighted by Crippen LogP contribution is -2.27. The fraction of sp³-hybridized carbons (Fsp3) is 0.188. The van der Waals surface area contributed by atoms with Crippen LogP contribution in [0.3, 0.4) is 0 Å². The molecule has 3 rings (SSSR count). The molecular formula is C16H14BrFN4O. The average molecular weight is 377 g/mol. The van der Waals surface area contributed by atoms with Crippen molar-refractivity contribution in [2.45, 2.75) is 6.92 Å². The zero-order chi connectivity index (χ0) is 16.7. The number of aromatic nitrogens is 3. The van der Waals surface area contributed by atoms with E-state index in [2.05, 4.69) is 26.0 Å². The SMILES string of the molecule is Cc1nn(C)c2ncc(C(=O)N(C)c3ccc(Br)cc3F)cc12. The molecule has 118 valence electrons. The number of benzene rings is 1. The van der Waals surface area contributed by atoms with Gasteiger partial charge in [0.15, 0.2) is 5.65 Å². The number of pyridine rings is 1. The molecule has 0 bridgehead atoms. The summed E-state index contributed by atoms with van der Waals surface area (Å²) in [6.45, 7) is 1.86. The highest BCUT2D eigenvalue weighted by Crippen LogP contribution is 2.24. The minimum absolute atomic E-state index is 0.209. The van der Waals surface area contributed by atoms with E-state index in [0.29, 0.717) is 15.7 Å². The number of hydrogen-bond donors (Lipinski definition) is 0. The first-order chi connectivity index (χ1) is 10.9. The lowest BCUT2D eigenvalue weighted by atomic mass is 10.1. The highest BCUT2D eigenvalue weighted by Gasteiger charge is 2.19. The summed E-state index contributed by atoms with van der Waals surface area (Å²) in [5, 5.41) is 5.09. The van der Waals surface area contributed by atoms with Gasteiger partial charge in [-0.1, -0.05) is 15.9 Å². The van der Waals surface area contributed by atoms with Gasteiger partial charge in [-0.2, -0.15) is 5.10 Å². The summed E-state index contributed by atoms with van der Waals surface area (Å²) in [7, 11) is 3.34. The Morgan fingerprint density at radius 2 is 2.09 bits per heavy atom. The minimum Gasteiger partial charge on any atom is -0.309 e. The van der Waals surface area contributed by atoms with Gasteiger partial charge in [-0.15, -0.1) is 0 Å². The summed E-state index contributed by atoms with van der Waals surface area (Å²) in [5.74, 6) is -0.800. The van der Waals surface area contributed by atoms with E-state index in [1.165, 1.54) is 24.2 Å². The summed E-state index contributed by atoms with van der Waals surface area (Å²) in [6, 6.07) is 6.31. The van der Waals surface area contributed by atoms with Gasteiger partial charge in [0.05, 0.1) is 16.9 Å². The molecule has 2 heterocycles. The van der Waals surface area contributed by atoms with Crippen molar-refractivity contribution in [3.8, 4) is 0 Å². The van der Waals surface area contributed by atoms with Crippen LogP contribution in [0.4, 0.5) is 10.1 Å². The molecule has 0 N–H and O–H groups in total. The van der Waals surface area contributed by atoms with Crippen LogP contribution in [-0.2, 0) is 7.05 Å². The summed E-state index contributed by atoms with van der Waals surface area (Å²) < 4.78 is 16.3. The minimum atomic E-state index is -0.471. The molecule has 0 saturated heterocycles. The highest BCUT2D eigenvalue weighted by atomic mass is 79.9. The van der Waals surface area contributed by atoms with E-state index in [-0.39, 0.29) is 11.6 Å². The molecule has 2 aromatic heterocycles. The fourth-order valence-corrected chi connectivity index (χ4v) is 2.81. The first kappa shape index (κ1) is 15.6. The molecular weight excluding hydrogens is 363 g/mol. The third kappa shape index (κ3) is 2.72. The number of hydrogen-bond acceptors (Lipinski definition) is 3. The molecule has 0 aliphatic rings. The Bertz CT molecular complexity index is 922. The van der Waals surface area contributed by atoms with Crippen molar-refractivity contribution in [3.05, 3.63) is 52.0 Å². The van der Waals surface area contributed by atoms with Crippen molar-refractivity contribution in [2.24, 2.45) is 7.05 Å². The number of fused-ring (bicyclic) bond motifs is 1. The molecule has 0 fully saturated rings. The van der Waals surface area contributed by atoms with Crippen molar-refractivity contribution in [2.75, 3.05) is 11.9 Å². The predicted molar refractivity (Wildman–Crippen MR) is 90.1 cm³/mol. The van der Waals surface area contributed by atoms with Gasteiger partial charge >= 0.3 is 0 Å². The van der Waals surface area contributed by atoms with Gasteiger partial charge in [0.25, 0.3) is 5.91 Å².